The van der Waals surface area contributed by atoms with Gasteiger partial charge in [0.15, 0.2) is 46.5 Å². The molecule has 0 N–H and O–H groups in total. The number of hydrogen-bond donors (Lipinski definition) is 0. The summed E-state index contributed by atoms with van der Waals surface area (Å²) in [7, 11) is 0. The molecule has 2 aromatic heterocycles. The maximum atomic E-state index is 17.4. The number of allylic oxidation sites excluding steroid dienone is 2. The van der Waals surface area contributed by atoms with E-state index < -0.39 is 69.0 Å². The van der Waals surface area contributed by atoms with Crippen LogP contribution in [0.3, 0.4) is 0 Å². The van der Waals surface area contributed by atoms with E-state index in [0.29, 0.717) is 59.7 Å². The summed E-state index contributed by atoms with van der Waals surface area (Å²) in [6, 6.07) is 11.9. The predicted octanol–water partition coefficient (Wildman–Crippen LogP) is 15.3. The molecule has 0 fully saturated rings. The molecule has 6 aromatic rings. The summed E-state index contributed by atoms with van der Waals surface area (Å²) in [6.45, 7) is 19.6. The summed E-state index contributed by atoms with van der Waals surface area (Å²) in [5.41, 5.74) is -2.12. The van der Waals surface area contributed by atoms with E-state index >= 15 is 35.1 Å². The SMILES string of the molecule is C/C=C\c1c(CC)c2ccccc2n1-c1c(F)c(F)c(F)c(-c2c(F)c(F)c(F)c(-n3c4c(c5ccc(CC(C)(C)C)cc53)CCC(CC(C)(C)C)=C4)c2F)c1F.CC. The van der Waals surface area contributed by atoms with Gasteiger partial charge in [0.25, 0.3) is 0 Å². The van der Waals surface area contributed by atoms with Gasteiger partial charge in [0.05, 0.1) is 27.9 Å². The van der Waals surface area contributed by atoms with Crippen molar-refractivity contribution in [2.24, 2.45) is 10.8 Å². The second-order valence-electron chi connectivity index (χ2n) is 17.4. The van der Waals surface area contributed by atoms with Crippen molar-refractivity contribution < 1.29 is 35.1 Å². The average Bonchev–Trinajstić information content (AvgIpc) is 3.65. The van der Waals surface area contributed by atoms with Crippen molar-refractivity contribution in [2.75, 3.05) is 0 Å². The second-order valence-corrected chi connectivity index (χ2v) is 17.4. The van der Waals surface area contributed by atoms with Gasteiger partial charge >= 0.3 is 0 Å². The first-order valence-electron chi connectivity index (χ1n) is 20.1. The van der Waals surface area contributed by atoms with Crippen molar-refractivity contribution >= 4 is 34.0 Å². The first-order chi connectivity index (χ1) is 27.8. The normalized spacial score (nSPS) is 13.4. The number of hydrogen-bond acceptors (Lipinski definition) is 0. The smallest absolute Gasteiger partial charge is 0.197 e. The molecule has 0 spiro atoms. The van der Waals surface area contributed by atoms with E-state index in [-0.39, 0.29) is 27.6 Å². The van der Waals surface area contributed by atoms with Crippen molar-refractivity contribution in [3.8, 4) is 22.5 Å². The van der Waals surface area contributed by atoms with Gasteiger partial charge in [-0.15, -0.1) is 0 Å². The van der Waals surface area contributed by atoms with Gasteiger partial charge in [0.1, 0.15) is 11.4 Å². The zero-order valence-electron chi connectivity index (χ0n) is 35.2. The molecule has 1 aliphatic rings. The van der Waals surface area contributed by atoms with Crippen LogP contribution in [0.1, 0.15) is 110 Å². The third-order valence-electron chi connectivity index (χ3n) is 10.6. The van der Waals surface area contributed by atoms with Crippen LogP contribution in [-0.2, 0) is 19.3 Å². The molecule has 59 heavy (non-hydrogen) atoms. The second kappa shape index (κ2) is 16.1. The molecule has 2 nitrogen and oxygen atoms in total. The van der Waals surface area contributed by atoms with Gasteiger partial charge in [-0.25, -0.2) is 35.1 Å². The fourth-order valence-corrected chi connectivity index (χ4v) is 8.52. The molecule has 0 bridgehead atoms. The van der Waals surface area contributed by atoms with E-state index in [2.05, 4.69) is 0 Å². The Hall–Kier alpha value is -5.12. The Balaban J connectivity index is 0.00000288. The maximum Gasteiger partial charge on any atom is 0.197 e. The van der Waals surface area contributed by atoms with Gasteiger partial charge in [0, 0.05) is 16.5 Å². The van der Waals surface area contributed by atoms with Gasteiger partial charge in [-0.1, -0.05) is 104 Å². The monoisotopic (exact) mass is 818 g/mol. The van der Waals surface area contributed by atoms with Crippen molar-refractivity contribution in [2.45, 2.75) is 101 Å². The Labute approximate surface area is 340 Å². The summed E-state index contributed by atoms with van der Waals surface area (Å²) in [4.78, 5) is 0. The molecule has 7 rings (SSSR count). The Morgan fingerprint density at radius 2 is 1.17 bits per heavy atom. The minimum absolute atomic E-state index is 0.166. The fourth-order valence-electron chi connectivity index (χ4n) is 8.52. The Bertz CT molecular complexity index is 2680. The van der Waals surface area contributed by atoms with Crippen LogP contribution in [0, 0.1) is 57.4 Å². The molecule has 0 saturated heterocycles. The van der Waals surface area contributed by atoms with Crippen LogP contribution in [0.15, 0.2) is 54.1 Å². The van der Waals surface area contributed by atoms with E-state index in [9.17, 15) is 0 Å². The van der Waals surface area contributed by atoms with E-state index in [4.69, 9.17) is 0 Å². The number of aryl methyl sites for hydroxylation is 2. The van der Waals surface area contributed by atoms with Crippen molar-refractivity contribution in [3.63, 3.8) is 0 Å². The summed E-state index contributed by atoms with van der Waals surface area (Å²) in [5, 5.41) is 1.15. The zero-order valence-corrected chi connectivity index (χ0v) is 35.2. The van der Waals surface area contributed by atoms with Crippen LogP contribution >= 0.6 is 0 Å². The minimum Gasteiger partial charge on any atom is -0.304 e. The van der Waals surface area contributed by atoms with Crippen molar-refractivity contribution in [1.82, 2.24) is 9.13 Å². The number of aromatic nitrogens is 2. The van der Waals surface area contributed by atoms with Gasteiger partial charge in [-0.2, -0.15) is 0 Å². The molecule has 2 heterocycles. The lowest BCUT2D eigenvalue weighted by Gasteiger charge is -2.24. The fraction of sp³-hybridized carbons (Fsp3) is 0.347. The minimum atomic E-state index is -2.30. The quantitative estimate of drug-likeness (QED) is 0.0863. The zero-order chi connectivity index (χ0) is 43.5. The molecular formula is C49H50F8N2. The molecule has 0 aliphatic heterocycles. The molecule has 0 unspecified atom stereocenters. The van der Waals surface area contributed by atoms with E-state index in [0.717, 1.165) is 20.3 Å². The molecule has 0 amide bonds. The average molecular weight is 819 g/mol. The summed E-state index contributed by atoms with van der Waals surface area (Å²) in [5.74, 6) is -16.8. The first kappa shape index (κ1) is 43.5. The highest BCUT2D eigenvalue weighted by atomic mass is 19.2. The van der Waals surface area contributed by atoms with Crippen LogP contribution in [0.25, 0.3) is 56.5 Å². The molecule has 312 valence electrons. The van der Waals surface area contributed by atoms with Crippen molar-refractivity contribution in [1.29, 1.82) is 0 Å². The largest absolute Gasteiger partial charge is 0.304 e. The number of para-hydroxylation sites is 1. The molecule has 10 heteroatoms. The number of halogens is 8. The van der Waals surface area contributed by atoms with Crippen molar-refractivity contribution in [3.05, 3.63) is 129 Å². The predicted molar refractivity (Wildman–Crippen MR) is 224 cm³/mol. The number of fused-ring (bicyclic) bond motifs is 4. The van der Waals surface area contributed by atoms with Gasteiger partial charge in [0.2, 0.25) is 0 Å². The van der Waals surface area contributed by atoms with E-state index in [1.807, 2.05) is 67.5 Å². The van der Waals surface area contributed by atoms with Crippen LogP contribution in [0.4, 0.5) is 35.1 Å². The number of rotatable bonds is 7. The van der Waals surface area contributed by atoms with Crippen LogP contribution in [0.2, 0.25) is 0 Å². The lowest BCUT2D eigenvalue weighted by molar-refractivity contribution is 0.404. The number of benzene rings is 4. The van der Waals surface area contributed by atoms with Crippen LogP contribution in [-0.4, -0.2) is 9.13 Å². The molecule has 0 atom stereocenters. The highest BCUT2D eigenvalue weighted by Gasteiger charge is 2.37. The van der Waals surface area contributed by atoms with Gasteiger partial charge in [-0.3, -0.25) is 0 Å². The van der Waals surface area contributed by atoms with Gasteiger partial charge in [-0.05, 0) is 90.8 Å². The number of nitrogens with zero attached hydrogens (tertiary/aromatic N) is 2. The topological polar surface area (TPSA) is 9.86 Å². The molecular weight excluding hydrogens is 769 g/mol. The molecule has 0 saturated carbocycles. The Kier molecular flexibility index (Phi) is 11.9. The standard InChI is InChI=1S/C47H44F8N2.C2H6/c1-9-13-30-26(10-2)27-14-11-12-15-31(27)56(30)44-38(50)34(36(48)40(52)42(44)54)35-37(49)41(53)43(55)45(39(35)51)57-32-20-24(22-46(3,4)5)16-18-28(32)29-19-17-25(21-33(29)57)23-47(6,7)8;1-2/h9,11-16,18,20-21H,10,17,19,22-23H2,1-8H3;1-2H3/b13-9-;. The lowest BCUT2D eigenvalue weighted by Crippen LogP contribution is -2.15. The van der Waals surface area contributed by atoms with E-state index in [1.165, 1.54) is 12.1 Å². The highest BCUT2D eigenvalue weighted by Crippen LogP contribution is 2.45. The maximum absolute atomic E-state index is 17.4. The third-order valence-corrected chi connectivity index (χ3v) is 10.6. The molecule has 4 aromatic carbocycles. The summed E-state index contributed by atoms with van der Waals surface area (Å²) < 4.78 is 133. The highest BCUT2D eigenvalue weighted by molar-refractivity contribution is 5.93. The molecule has 1 aliphatic carbocycles. The van der Waals surface area contributed by atoms with Gasteiger partial charge < -0.3 is 9.13 Å². The Morgan fingerprint density at radius 1 is 0.610 bits per heavy atom. The van der Waals surface area contributed by atoms with Crippen LogP contribution in [0.5, 0.6) is 0 Å². The summed E-state index contributed by atoms with van der Waals surface area (Å²) in [6.07, 6.45) is 7.51. The van der Waals surface area contributed by atoms with E-state index in [1.54, 1.807) is 50.3 Å². The first-order valence-corrected chi connectivity index (χ1v) is 20.1. The third kappa shape index (κ3) is 7.52. The Morgan fingerprint density at radius 3 is 1.71 bits per heavy atom. The summed E-state index contributed by atoms with van der Waals surface area (Å²) >= 11 is 0. The lowest BCUT2D eigenvalue weighted by atomic mass is 9.83. The van der Waals surface area contributed by atoms with Crippen LogP contribution < -0.4 is 0 Å². The molecule has 0 radical (unpaired) electrons.